The molecule has 2 rings (SSSR count). The van der Waals surface area contributed by atoms with Crippen LogP contribution in [0.15, 0.2) is 42.5 Å². The van der Waals surface area contributed by atoms with E-state index >= 15 is 0 Å². The third-order valence-corrected chi connectivity index (χ3v) is 5.19. The summed E-state index contributed by atoms with van der Waals surface area (Å²) < 4.78 is 35.6. The Bertz CT molecular complexity index is 918. The van der Waals surface area contributed by atoms with E-state index in [1.165, 1.54) is 14.2 Å². The predicted molar refractivity (Wildman–Crippen MR) is 105 cm³/mol. The van der Waals surface area contributed by atoms with Gasteiger partial charge in [0.25, 0.3) is 0 Å². The van der Waals surface area contributed by atoms with Gasteiger partial charge in [0, 0.05) is 6.54 Å². The number of carbonyl (C=O) groups excluding carboxylic acids is 1. The summed E-state index contributed by atoms with van der Waals surface area (Å²) in [6.45, 7) is -0.171. The average Bonchev–Trinajstić information content (AvgIpc) is 2.64. The minimum absolute atomic E-state index is 0.208. The molecule has 0 atom stereocenters. The first-order valence-electron chi connectivity index (χ1n) is 7.96. The molecule has 1 amide bonds. The topological polar surface area (TPSA) is 84.9 Å². The van der Waals surface area contributed by atoms with Crippen LogP contribution in [0.2, 0.25) is 5.02 Å². The van der Waals surface area contributed by atoms with Gasteiger partial charge in [-0.25, -0.2) is 8.42 Å². The number of halogens is 1. The lowest BCUT2D eigenvalue weighted by molar-refractivity contribution is -0.119. The summed E-state index contributed by atoms with van der Waals surface area (Å²) in [6, 6.07) is 11.7. The van der Waals surface area contributed by atoms with Crippen LogP contribution in [0, 0.1) is 0 Å². The molecule has 0 aliphatic heterocycles. The van der Waals surface area contributed by atoms with E-state index in [4.69, 9.17) is 21.1 Å². The summed E-state index contributed by atoms with van der Waals surface area (Å²) >= 11 is 6.08. The van der Waals surface area contributed by atoms with Crippen molar-refractivity contribution in [1.82, 2.24) is 5.32 Å². The quantitative estimate of drug-likeness (QED) is 0.719. The molecule has 0 heterocycles. The SMILES string of the molecule is COc1ccc(CNC(=O)CN(c2ccccc2Cl)S(C)(=O)=O)cc1OC. The Balaban J connectivity index is 2.10. The minimum Gasteiger partial charge on any atom is -0.493 e. The van der Waals surface area contributed by atoms with E-state index in [0.29, 0.717) is 11.5 Å². The number of para-hydroxylation sites is 1. The number of hydrogen-bond donors (Lipinski definition) is 1. The summed E-state index contributed by atoms with van der Waals surface area (Å²) in [7, 11) is -0.630. The molecule has 146 valence electrons. The maximum Gasteiger partial charge on any atom is 0.241 e. The first kappa shape index (κ1) is 20.9. The molecule has 2 aromatic carbocycles. The highest BCUT2D eigenvalue weighted by molar-refractivity contribution is 7.92. The average molecular weight is 413 g/mol. The maximum atomic E-state index is 12.3. The van der Waals surface area contributed by atoms with Gasteiger partial charge in [-0.2, -0.15) is 0 Å². The molecular weight excluding hydrogens is 392 g/mol. The largest absolute Gasteiger partial charge is 0.493 e. The zero-order valence-electron chi connectivity index (χ0n) is 15.2. The number of anilines is 1. The van der Waals surface area contributed by atoms with Gasteiger partial charge in [-0.1, -0.05) is 29.8 Å². The smallest absolute Gasteiger partial charge is 0.241 e. The Hall–Kier alpha value is -2.45. The second-order valence-electron chi connectivity index (χ2n) is 5.69. The Morgan fingerprint density at radius 3 is 2.37 bits per heavy atom. The standard InChI is InChI=1S/C18H21ClN2O5S/c1-25-16-9-8-13(10-17(16)26-2)11-20-18(22)12-21(27(3,23)24)15-7-5-4-6-14(15)19/h4-10H,11-12H2,1-3H3,(H,20,22). The Morgan fingerprint density at radius 2 is 1.78 bits per heavy atom. The number of hydrogen-bond acceptors (Lipinski definition) is 5. The molecule has 0 bridgehead atoms. The summed E-state index contributed by atoms with van der Waals surface area (Å²) in [5.41, 5.74) is 1.03. The molecule has 27 heavy (non-hydrogen) atoms. The van der Waals surface area contributed by atoms with Crippen LogP contribution in [-0.2, 0) is 21.4 Å². The van der Waals surface area contributed by atoms with Crippen LogP contribution in [0.5, 0.6) is 11.5 Å². The summed E-state index contributed by atoms with van der Waals surface area (Å²) in [6.07, 6.45) is 1.03. The van der Waals surface area contributed by atoms with E-state index in [1.54, 1.807) is 42.5 Å². The normalized spacial score (nSPS) is 11.0. The second kappa shape index (κ2) is 8.96. The molecule has 0 spiro atoms. The number of amides is 1. The number of carbonyl (C=O) groups is 1. The monoisotopic (exact) mass is 412 g/mol. The van der Waals surface area contributed by atoms with Gasteiger partial charge in [-0.15, -0.1) is 0 Å². The van der Waals surface area contributed by atoms with Crippen molar-refractivity contribution in [3.8, 4) is 11.5 Å². The van der Waals surface area contributed by atoms with Gasteiger partial charge in [-0.3, -0.25) is 9.10 Å². The molecule has 0 aliphatic carbocycles. The Labute approximate surface area is 163 Å². The lowest BCUT2D eigenvalue weighted by Gasteiger charge is -2.22. The molecule has 2 aromatic rings. The van der Waals surface area contributed by atoms with E-state index in [1.807, 2.05) is 0 Å². The molecule has 0 saturated heterocycles. The number of methoxy groups -OCH3 is 2. The first-order chi connectivity index (χ1) is 12.8. The lowest BCUT2D eigenvalue weighted by atomic mass is 10.2. The molecule has 0 aliphatic rings. The summed E-state index contributed by atoms with van der Waals surface area (Å²) in [5, 5.41) is 2.94. The first-order valence-corrected chi connectivity index (χ1v) is 10.2. The lowest BCUT2D eigenvalue weighted by Crippen LogP contribution is -2.40. The van der Waals surface area contributed by atoms with Gasteiger partial charge in [0.2, 0.25) is 15.9 Å². The number of sulfonamides is 1. The van der Waals surface area contributed by atoms with E-state index in [-0.39, 0.29) is 23.8 Å². The third kappa shape index (κ3) is 5.51. The summed E-state index contributed by atoms with van der Waals surface area (Å²) in [4.78, 5) is 12.3. The fourth-order valence-electron chi connectivity index (χ4n) is 2.41. The van der Waals surface area contributed by atoms with Crippen LogP contribution in [0.4, 0.5) is 5.69 Å². The van der Waals surface area contributed by atoms with Gasteiger partial charge < -0.3 is 14.8 Å². The van der Waals surface area contributed by atoms with Crippen molar-refractivity contribution in [1.29, 1.82) is 0 Å². The van der Waals surface area contributed by atoms with Crippen LogP contribution in [-0.4, -0.2) is 41.3 Å². The molecule has 0 fully saturated rings. The Kier molecular flexibility index (Phi) is 6.92. The molecule has 0 saturated carbocycles. The van der Waals surface area contributed by atoms with Crippen LogP contribution in [0.25, 0.3) is 0 Å². The zero-order chi connectivity index (χ0) is 20.0. The third-order valence-electron chi connectivity index (χ3n) is 3.75. The second-order valence-corrected chi connectivity index (χ2v) is 8.00. The number of rotatable bonds is 8. The van der Waals surface area contributed by atoms with Gasteiger partial charge >= 0.3 is 0 Å². The molecular formula is C18H21ClN2O5S. The van der Waals surface area contributed by atoms with E-state index in [0.717, 1.165) is 16.1 Å². The van der Waals surface area contributed by atoms with E-state index in [2.05, 4.69) is 5.32 Å². The van der Waals surface area contributed by atoms with Gasteiger partial charge in [-0.05, 0) is 29.8 Å². The number of ether oxygens (including phenoxy) is 2. The van der Waals surface area contributed by atoms with Gasteiger partial charge in [0.15, 0.2) is 11.5 Å². The molecule has 0 unspecified atom stereocenters. The molecule has 0 radical (unpaired) electrons. The van der Waals surface area contributed by atoms with Crippen molar-refractivity contribution >= 4 is 33.2 Å². The molecule has 9 heteroatoms. The fourth-order valence-corrected chi connectivity index (χ4v) is 3.57. The van der Waals surface area contributed by atoms with Crippen LogP contribution < -0.4 is 19.1 Å². The van der Waals surface area contributed by atoms with E-state index in [9.17, 15) is 13.2 Å². The summed E-state index contributed by atoms with van der Waals surface area (Å²) in [5.74, 6) is 0.655. The minimum atomic E-state index is -3.69. The van der Waals surface area contributed by atoms with Crippen LogP contribution in [0.1, 0.15) is 5.56 Å². The maximum absolute atomic E-state index is 12.3. The molecule has 0 aromatic heterocycles. The van der Waals surface area contributed by atoms with Crippen LogP contribution in [0.3, 0.4) is 0 Å². The highest BCUT2D eigenvalue weighted by atomic mass is 35.5. The predicted octanol–water partition coefficient (Wildman–Crippen LogP) is 2.44. The number of benzene rings is 2. The van der Waals surface area contributed by atoms with Crippen molar-refractivity contribution in [2.45, 2.75) is 6.54 Å². The van der Waals surface area contributed by atoms with Crippen molar-refractivity contribution in [3.63, 3.8) is 0 Å². The van der Waals surface area contributed by atoms with Gasteiger partial charge in [0.05, 0.1) is 31.2 Å². The van der Waals surface area contributed by atoms with Crippen molar-refractivity contribution < 1.29 is 22.7 Å². The van der Waals surface area contributed by atoms with Crippen molar-refractivity contribution in [3.05, 3.63) is 53.1 Å². The molecule has 7 nitrogen and oxygen atoms in total. The fraction of sp³-hybridized carbons (Fsp3) is 0.278. The molecule has 1 N–H and O–H groups in total. The van der Waals surface area contributed by atoms with Crippen LogP contribution >= 0.6 is 11.6 Å². The number of nitrogens with one attached hydrogen (secondary N) is 1. The van der Waals surface area contributed by atoms with Gasteiger partial charge in [0.1, 0.15) is 6.54 Å². The van der Waals surface area contributed by atoms with Crippen molar-refractivity contribution in [2.75, 3.05) is 31.3 Å². The number of nitrogens with zero attached hydrogens (tertiary/aromatic N) is 1. The highest BCUT2D eigenvalue weighted by Crippen LogP contribution is 2.28. The van der Waals surface area contributed by atoms with Crippen molar-refractivity contribution in [2.24, 2.45) is 0 Å². The Morgan fingerprint density at radius 1 is 1.11 bits per heavy atom. The zero-order valence-corrected chi connectivity index (χ0v) is 16.8. The highest BCUT2D eigenvalue weighted by Gasteiger charge is 2.22. The van der Waals surface area contributed by atoms with E-state index < -0.39 is 15.9 Å².